The lowest BCUT2D eigenvalue weighted by atomic mass is 10.1. The third-order valence-corrected chi connectivity index (χ3v) is 4.09. The molecule has 5 N–H and O–H groups in total. The molecule has 7 heteroatoms. The molecular formula is C15H17N3O3S. The Balaban J connectivity index is 1.92. The second-order valence-corrected chi connectivity index (χ2v) is 6.34. The second-order valence-electron chi connectivity index (χ2n) is 4.78. The van der Waals surface area contributed by atoms with E-state index < -0.39 is 10.0 Å². The Morgan fingerprint density at radius 1 is 1.05 bits per heavy atom. The molecule has 0 aromatic heterocycles. The van der Waals surface area contributed by atoms with Crippen LogP contribution >= 0.6 is 0 Å². The molecule has 2 aromatic carbocycles. The van der Waals surface area contributed by atoms with Crippen LogP contribution in [0.4, 0.5) is 5.69 Å². The lowest BCUT2D eigenvalue weighted by molar-refractivity contribution is 0.0955. The number of nitrogens with two attached hydrogens (primary N) is 2. The molecule has 6 nitrogen and oxygen atoms in total. The van der Waals surface area contributed by atoms with E-state index in [4.69, 9.17) is 10.9 Å². The van der Waals surface area contributed by atoms with Gasteiger partial charge in [0.2, 0.25) is 10.0 Å². The predicted molar refractivity (Wildman–Crippen MR) is 84.7 cm³/mol. The van der Waals surface area contributed by atoms with Crippen molar-refractivity contribution in [2.75, 3.05) is 12.3 Å². The number of hydrogen-bond donors (Lipinski definition) is 3. The van der Waals surface area contributed by atoms with Crippen molar-refractivity contribution in [3.05, 3.63) is 59.7 Å². The monoisotopic (exact) mass is 319 g/mol. The summed E-state index contributed by atoms with van der Waals surface area (Å²) in [6.07, 6.45) is 0.573. The molecule has 0 atom stereocenters. The Kier molecular flexibility index (Phi) is 4.79. The molecule has 2 aromatic rings. The maximum atomic E-state index is 12.0. The van der Waals surface area contributed by atoms with Gasteiger partial charge in [0, 0.05) is 12.2 Å². The summed E-state index contributed by atoms with van der Waals surface area (Å²) in [5, 5.41) is 7.80. The van der Waals surface area contributed by atoms with Crippen molar-refractivity contribution in [3.63, 3.8) is 0 Å². The Morgan fingerprint density at radius 2 is 1.68 bits per heavy atom. The van der Waals surface area contributed by atoms with Crippen molar-refractivity contribution >= 4 is 21.6 Å². The number of nitrogens with one attached hydrogen (secondary N) is 1. The van der Waals surface area contributed by atoms with Crippen LogP contribution in [0, 0.1) is 0 Å². The van der Waals surface area contributed by atoms with Crippen molar-refractivity contribution in [2.45, 2.75) is 11.3 Å². The van der Waals surface area contributed by atoms with Gasteiger partial charge in [-0.1, -0.05) is 24.3 Å². The average molecular weight is 319 g/mol. The van der Waals surface area contributed by atoms with E-state index in [9.17, 15) is 13.2 Å². The number of primary sulfonamides is 1. The van der Waals surface area contributed by atoms with Gasteiger partial charge in [-0.25, -0.2) is 13.6 Å². The topological polar surface area (TPSA) is 115 Å². The van der Waals surface area contributed by atoms with E-state index in [1.165, 1.54) is 12.1 Å². The lowest BCUT2D eigenvalue weighted by Gasteiger charge is -2.07. The van der Waals surface area contributed by atoms with Crippen molar-refractivity contribution in [1.29, 1.82) is 0 Å². The van der Waals surface area contributed by atoms with Gasteiger partial charge in [-0.2, -0.15) is 0 Å². The lowest BCUT2D eigenvalue weighted by Crippen LogP contribution is -2.26. The van der Waals surface area contributed by atoms with Gasteiger partial charge in [-0.15, -0.1) is 0 Å². The van der Waals surface area contributed by atoms with Crippen molar-refractivity contribution in [1.82, 2.24) is 5.32 Å². The van der Waals surface area contributed by atoms with Crippen LogP contribution in [0.2, 0.25) is 0 Å². The minimum absolute atomic E-state index is 0.0670. The average Bonchev–Trinajstić information content (AvgIpc) is 2.47. The van der Waals surface area contributed by atoms with E-state index in [2.05, 4.69) is 5.32 Å². The van der Waals surface area contributed by atoms with Gasteiger partial charge < -0.3 is 11.1 Å². The molecule has 0 fully saturated rings. The summed E-state index contributed by atoms with van der Waals surface area (Å²) >= 11 is 0. The highest BCUT2D eigenvalue weighted by molar-refractivity contribution is 7.89. The van der Waals surface area contributed by atoms with E-state index in [0.29, 0.717) is 24.2 Å². The Hall–Kier alpha value is -2.38. The summed E-state index contributed by atoms with van der Waals surface area (Å²) in [4.78, 5) is 12.0. The fourth-order valence-electron chi connectivity index (χ4n) is 1.97. The Labute approximate surface area is 129 Å². The first-order valence-electron chi connectivity index (χ1n) is 6.62. The Bertz CT molecular complexity index is 771. The molecule has 0 saturated heterocycles. The molecule has 116 valence electrons. The molecule has 0 saturated carbocycles. The van der Waals surface area contributed by atoms with E-state index in [0.717, 1.165) is 5.56 Å². The van der Waals surface area contributed by atoms with E-state index in [-0.39, 0.29) is 10.8 Å². The third-order valence-electron chi connectivity index (χ3n) is 3.16. The van der Waals surface area contributed by atoms with Gasteiger partial charge in [0.15, 0.2) is 0 Å². The fourth-order valence-corrected chi connectivity index (χ4v) is 2.48. The summed E-state index contributed by atoms with van der Waals surface area (Å²) in [7, 11) is -3.68. The van der Waals surface area contributed by atoms with Gasteiger partial charge in [0.1, 0.15) is 0 Å². The normalized spacial score (nSPS) is 11.1. The molecule has 0 aliphatic carbocycles. The number of anilines is 1. The van der Waals surface area contributed by atoms with Crippen LogP contribution in [0.25, 0.3) is 0 Å². The summed E-state index contributed by atoms with van der Waals surface area (Å²) in [6, 6.07) is 13.1. The molecule has 0 heterocycles. The maximum Gasteiger partial charge on any atom is 0.253 e. The van der Waals surface area contributed by atoms with Crippen LogP contribution in [0.1, 0.15) is 15.9 Å². The fraction of sp³-hybridized carbons (Fsp3) is 0.133. The number of nitrogen functional groups attached to an aromatic ring is 1. The first-order chi connectivity index (χ1) is 10.4. The van der Waals surface area contributed by atoms with E-state index >= 15 is 0 Å². The van der Waals surface area contributed by atoms with Gasteiger partial charge in [0.25, 0.3) is 5.91 Å². The minimum atomic E-state index is -3.68. The van der Waals surface area contributed by atoms with Gasteiger partial charge in [-0.05, 0) is 36.2 Å². The quantitative estimate of drug-likeness (QED) is 0.710. The predicted octanol–water partition coefficient (Wildman–Crippen LogP) is 0.889. The molecule has 22 heavy (non-hydrogen) atoms. The number of hydrogen-bond acceptors (Lipinski definition) is 4. The van der Waals surface area contributed by atoms with Gasteiger partial charge in [-0.3, -0.25) is 4.79 Å². The summed E-state index contributed by atoms with van der Waals surface area (Å²) in [6.45, 7) is 0.419. The highest BCUT2D eigenvalue weighted by Crippen LogP contribution is 2.11. The molecule has 2 rings (SSSR count). The molecule has 1 amide bonds. The first kappa shape index (κ1) is 16.0. The second kappa shape index (κ2) is 6.59. The summed E-state index contributed by atoms with van der Waals surface area (Å²) < 4.78 is 22.3. The first-order valence-corrected chi connectivity index (χ1v) is 8.17. The smallest absolute Gasteiger partial charge is 0.253 e. The number of rotatable bonds is 5. The number of carbonyl (C=O) groups is 1. The standard InChI is InChI=1S/C15H17N3O3S/c16-14-4-2-1-3-13(14)15(19)18-10-9-11-5-7-12(8-6-11)22(17,20)21/h1-8H,9-10,16H2,(H,18,19)(H2,17,20,21). The summed E-state index contributed by atoms with van der Waals surface area (Å²) in [5.74, 6) is -0.237. The highest BCUT2D eigenvalue weighted by Gasteiger charge is 2.09. The van der Waals surface area contributed by atoms with Crippen molar-refractivity contribution in [3.8, 4) is 0 Å². The van der Waals surface area contributed by atoms with E-state index in [1.54, 1.807) is 36.4 Å². The van der Waals surface area contributed by atoms with Crippen LogP contribution < -0.4 is 16.2 Å². The third kappa shape index (κ3) is 4.06. The summed E-state index contributed by atoms with van der Waals surface area (Å²) in [5.41, 5.74) is 7.49. The van der Waals surface area contributed by atoms with Crippen molar-refractivity contribution < 1.29 is 13.2 Å². The number of para-hydroxylation sites is 1. The SMILES string of the molecule is Nc1ccccc1C(=O)NCCc1ccc(S(N)(=O)=O)cc1. The number of benzene rings is 2. The molecule has 0 bridgehead atoms. The zero-order chi connectivity index (χ0) is 16.2. The van der Waals surface area contributed by atoms with Crippen LogP contribution in [-0.4, -0.2) is 20.9 Å². The minimum Gasteiger partial charge on any atom is -0.398 e. The molecule has 0 unspecified atom stereocenters. The van der Waals surface area contributed by atoms with Gasteiger partial charge >= 0.3 is 0 Å². The molecule has 0 radical (unpaired) electrons. The van der Waals surface area contributed by atoms with Crippen LogP contribution in [0.3, 0.4) is 0 Å². The van der Waals surface area contributed by atoms with Crippen LogP contribution in [-0.2, 0) is 16.4 Å². The van der Waals surface area contributed by atoms with E-state index in [1.807, 2.05) is 0 Å². The largest absolute Gasteiger partial charge is 0.398 e. The number of sulfonamides is 1. The van der Waals surface area contributed by atoms with Gasteiger partial charge in [0.05, 0.1) is 10.5 Å². The van der Waals surface area contributed by atoms with Crippen molar-refractivity contribution in [2.24, 2.45) is 5.14 Å². The molecule has 0 aliphatic heterocycles. The zero-order valence-electron chi connectivity index (χ0n) is 11.8. The highest BCUT2D eigenvalue weighted by atomic mass is 32.2. The molecular weight excluding hydrogens is 302 g/mol. The molecule has 0 spiro atoms. The number of amides is 1. The Morgan fingerprint density at radius 3 is 2.27 bits per heavy atom. The zero-order valence-corrected chi connectivity index (χ0v) is 12.6. The van der Waals surface area contributed by atoms with Crippen LogP contribution in [0.15, 0.2) is 53.4 Å². The van der Waals surface area contributed by atoms with Crippen LogP contribution in [0.5, 0.6) is 0 Å². The maximum absolute atomic E-state index is 12.0. The molecule has 0 aliphatic rings. The number of carbonyl (C=O) groups excluding carboxylic acids is 1.